The molecule has 0 saturated carbocycles. The molecule has 0 radical (unpaired) electrons. The number of hydrogen-bond acceptors (Lipinski definition) is 7. The van der Waals surface area contributed by atoms with Crippen LogP contribution in [0.3, 0.4) is 0 Å². The molecular formula is C22H20N2O5S. The van der Waals surface area contributed by atoms with Gasteiger partial charge in [0.2, 0.25) is 0 Å². The predicted molar refractivity (Wildman–Crippen MR) is 113 cm³/mol. The molecule has 1 aliphatic heterocycles. The SMILES string of the molecule is COC(=O)c1ccc2c(=O)n(CCc3ccccc3)c(S[C@H]3CCOC3=O)nc2c1. The molecule has 0 unspecified atom stereocenters. The van der Waals surface area contributed by atoms with Crippen molar-refractivity contribution >= 4 is 34.6 Å². The van der Waals surface area contributed by atoms with Gasteiger partial charge >= 0.3 is 11.9 Å². The van der Waals surface area contributed by atoms with Gasteiger partial charge in [-0.15, -0.1) is 0 Å². The van der Waals surface area contributed by atoms with E-state index in [0.29, 0.717) is 47.6 Å². The maximum absolute atomic E-state index is 13.3. The molecule has 2 heterocycles. The minimum absolute atomic E-state index is 0.207. The molecular weight excluding hydrogens is 404 g/mol. The zero-order chi connectivity index (χ0) is 21.1. The molecule has 0 aliphatic carbocycles. The van der Waals surface area contributed by atoms with Crippen LogP contribution in [0.2, 0.25) is 0 Å². The number of ether oxygens (including phenoxy) is 2. The summed E-state index contributed by atoms with van der Waals surface area (Å²) in [5.41, 5.74) is 1.60. The highest BCUT2D eigenvalue weighted by molar-refractivity contribution is 8.00. The molecule has 3 aromatic rings. The number of rotatable bonds is 6. The molecule has 30 heavy (non-hydrogen) atoms. The van der Waals surface area contributed by atoms with Crippen molar-refractivity contribution in [3.05, 3.63) is 70.0 Å². The van der Waals surface area contributed by atoms with Crippen LogP contribution in [0, 0.1) is 0 Å². The van der Waals surface area contributed by atoms with Gasteiger partial charge in [-0.3, -0.25) is 14.2 Å². The smallest absolute Gasteiger partial charge is 0.337 e. The Labute approximate surface area is 177 Å². The number of carbonyl (C=O) groups excluding carboxylic acids is 2. The number of cyclic esters (lactones) is 1. The van der Waals surface area contributed by atoms with E-state index in [0.717, 1.165) is 5.56 Å². The number of aromatic nitrogens is 2. The number of fused-ring (bicyclic) bond motifs is 1. The topological polar surface area (TPSA) is 87.5 Å². The van der Waals surface area contributed by atoms with E-state index in [-0.39, 0.29) is 11.5 Å². The fraction of sp³-hybridized carbons (Fsp3) is 0.273. The number of thioether (sulfide) groups is 1. The highest BCUT2D eigenvalue weighted by Crippen LogP contribution is 2.29. The number of hydrogen-bond donors (Lipinski definition) is 0. The van der Waals surface area contributed by atoms with E-state index in [2.05, 4.69) is 4.98 Å². The lowest BCUT2D eigenvalue weighted by molar-refractivity contribution is -0.137. The first-order valence-corrected chi connectivity index (χ1v) is 10.4. The number of esters is 2. The lowest BCUT2D eigenvalue weighted by Gasteiger charge is -2.15. The summed E-state index contributed by atoms with van der Waals surface area (Å²) in [6.07, 6.45) is 1.22. The van der Waals surface area contributed by atoms with E-state index in [9.17, 15) is 14.4 Å². The van der Waals surface area contributed by atoms with Gasteiger partial charge in [0, 0.05) is 13.0 Å². The normalized spacial score (nSPS) is 15.9. The molecule has 154 valence electrons. The summed E-state index contributed by atoms with van der Waals surface area (Å²) in [6, 6.07) is 14.5. The van der Waals surface area contributed by atoms with Crippen LogP contribution in [-0.2, 0) is 27.2 Å². The van der Waals surface area contributed by atoms with Crippen LogP contribution in [0.25, 0.3) is 10.9 Å². The summed E-state index contributed by atoms with van der Waals surface area (Å²) in [7, 11) is 1.30. The van der Waals surface area contributed by atoms with Crippen molar-refractivity contribution in [1.82, 2.24) is 9.55 Å². The Bertz CT molecular complexity index is 1160. The summed E-state index contributed by atoms with van der Waals surface area (Å²) in [5, 5.41) is 0.449. The van der Waals surface area contributed by atoms with Crippen molar-refractivity contribution in [2.45, 2.75) is 29.8 Å². The Hall–Kier alpha value is -3.13. The Kier molecular flexibility index (Phi) is 5.85. The standard InChI is InChI=1S/C22H20N2O5S/c1-28-20(26)15-7-8-16-17(13-15)23-22(30-18-10-12-29-21(18)27)24(19(16)25)11-9-14-5-3-2-4-6-14/h2-8,13,18H,9-12H2,1H3/t18-/m0/s1. The maximum atomic E-state index is 13.3. The first-order valence-electron chi connectivity index (χ1n) is 9.57. The minimum Gasteiger partial charge on any atom is -0.465 e. The number of aryl methyl sites for hydroxylation is 1. The Balaban J connectivity index is 1.76. The van der Waals surface area contributed by atoms with Crippen LogP contribution in [0.4, 0.5) is 0 Å². The summed E-state index contributed by atoms with van der Waals surface area (Å²) in [6.45, 7) is 0.791. The molecule has 0 spiro atoms. The fourth-order valence-electron chi connectivity index (χ4n) is 3.33. The van der Waals surface area contributed by atoms with Gasteiger partial charge in [-0.1, -0.05) is 42.1 Å². The van der Waals surface area contributed by atoms with Crippen LogP contribution in [-0.4, -0.2) is 40.5 Å². The third-order valence-electron chi connectivity index (χ3n) is 4.94. The van der Waals surface area contributed by atoms with Crippen molar-refractivity contribution in [2.75, 3.05) is 13.7 Å². The monoisotopic (exact) mass is 424 g/mol. The molecule has 1 fully saturated rings. The van der Waals surface area contributed by atoms with Crippen molar-refractivity contribution in [1.29, 1.82) is 0 Å². The molecule has 1 aromatic heterocycles. The predicted octanol–water partition coefficient (Wildman–Crippen LogP) is 2.83. The number of benzene rings is 2. The van der Waals surface area contributed by atoms with E-state index in [1.807, 2.05) is 30.3 Å². The molecule has 1 aliphatic rings. The zero-order valence-electron chi connectivity index (χ0n) is 16.4. The van der Waals surface area contributed by atoms with Gasteiger partial charge in [-0.2, -0.15) is 0 Å². The second-order valence-electron chi connectivity index (χ2n) is 6.87. The molecule has 2 aromatic carbocycles. The largest absolute Gasteiger partial charge is 0.465 e. The van der Waals surface area contributed by atoms with Crippen LogP contribution in [0.15, 0.2) is 58.5 Å². The van der Waals surface area contributed by atoms with Gasteiger partial charge in [-0.05, 0) is 30.2 Å². The zero-order valence-corrected chi connectivity index (χ0v) is 17.2. The molecule has 4 rings (SSSR count). The highest BCUT2D eigenvalue weighted by Gasteiger charge is 2.29. The van der Waals surface area contributed by atoms with Crippen LogP contribution in [0.1, 0.15) is 22.3 Å². The van der Waals surface area contributed by atoms with Gasteiger partial charge in [0.15, 0.2) is 5.16 Å². The van der Waals surface area contributed by atoms with Gasteiger partial charge in [0.05, 0.1) is 30.2 Å². The second-order valence-corrected chi connectivity index (χ2v) is 8.04. The summed E-state index contributed by atoms with van der Waals surface area (Å²) in [5.74, 6) is -0.798. The van der Waals surface area contributed by atoms with E-state index >= 15 is 0 Å². The van der Waals surface area contributed by atoms with E-state index in [1.54, 1.807) is 22.8 Å². The average molecular weight is 424 g/mol. The van der Waals surface area contributed by atoms with Crippen LogP contribution >= 0.6 is 11.8 Å². The van der Waals surface area contributed by atoms with Gasteiger partial charge in [0.25, 0.3) is 5.56 Å². The molecule has 0 N–H and O–H groups in total. The first-order chi connectivity index (χ1) is 14.6. The summed E-state index contributed by atoms with van der Waals surface area (Å²) in [4.78, 5) is 41.7. The molecule has 0 amide bonds. The van der Waals surface area contributed by atoms with Crippen molar-refractivity contribution in [2.24, 2.45) is 0 Å². The van der Waals surface area contributed by atoms with Crippen molar-refractivity contribution < 1.29 is 19.1 Å². The summed E-state index contributed by atoms with van der Waals surface area (Å²) < 4.78 is 11.4. The summed E-state index contributed by atoms with van der Waals surface area (Å²) >= 11 is 1.23. The minimum atomic E-state index is -0.500. The van der Waals surface area contributed by atoms with Crippen molar-refractivity contribution in [3.8, 4) is 0 Å². The third kappa shape index (κ3) is 4.09. The number of methoxy groups -OCH3 is 1. The molecule has 8 heteroatoms. The molecule has 0 bridgehead atoms. The van der Waals surface area contributed by atoms with E-state index < -0.39 is 11.2 Å². The number of nitrogens with zero attached hydrogens (tertiary/aromatic N) is 2. The van der Waals surface area contributed by atoms with E-state index in [4.69, 9.17) is 9.47 Å². The molecule has 7 nitrogen and oxygen atoms in total. The second kappa shape index (κ2) is 8.71. The van der Waals surface area contributed by atoms with Gasteiger partial charge < -0.3 is 9.47 Å². The third-order valence-corrected chi connectivity index (χ3v) is 6.18. The lowest BCUT2D eigenvalue weighted by atomic mass is 10.1. The first kappa shape index (κ1) is 20.2. The highest BCUT2D eigenvalue weighted by atomic mass is 32.2. The van der Waals surface area contributed by atoms with Gasteiger partial charge in [-0.25, -0.2) is 9.78 Å². The van der Waals surface area contributed by atoms with Gasteiger partial charge in [0.1, 0.15) is 5.25 Å². The van der Waals surface area contributed by atoms with Crippen molar-refractivity contribution in [3.63, 3.8) is 0 Å². The quantitative estimate of drug-likeness (QED) is 0.444. The Morgan fingerprint density at radius 2 is 2.03 bits per heavy atom. The molecule has 1 atom stereocenters. The van der Waals surface area contributed by atoms with Crippen LogP contribution < -0.4 is 5.56 Å². The van der Waals surface area contributed by atoms with Crippen LogP contribution in [0.5, 0.6) is 0 Å². The number of carbonyl (C=O) groups is 2. The average Bonchev–Trinajstić information content (AvgIpc) is 3.17. The Morgan fingerprint density at radius 3 is 2.73 bits per heavy atom. The Morgan fingerprint density at radius 1 is 1.23 bits per heavy atom. The fourth-order valence-corrected chi connectivity index (χ4v) is 4.42. The maximum Gasteiger partial charge on any atom is 0.337 e. The lowest BCUT2D eigenvalue weighted by Crippen LogP contribution is -2.26. The van der Waals surface area contributed by atoms with E-state index in [1.165, 1.54) is 18.9 Å². The molecule has 1 saturated heterocycles.